The molecule has 0 N–H and O–H groups in total. The first-order valence-corrected chi connectivity index (χ1v) is 6.53. The second kappa shape index (κ2) is 6.31. The SMILES string of the molecule is CCCN1CCCN(c2nccnc2C#N)CC1. The van der Waals surface area contributed by atoms with Crippen molar-refractivity contribution in [3.63, 3.8) is 0 Å². The van der Waals surface area contributed by atoms with Crippen molar-refractivity contribution in [3.05, 3.63) is 18.1 Å². The molecule has 1 aromatic rings. The number of hydrogen-bond donors (Lipinski definition) is 0. The lowest BCUT2D eigenvalue weighted by Crippen LogP contribution is -2.32. The number of aromatic nitrogens is 2. The van der Waals surface area contributed by atoms with E-state index in [9.17, 15) is 0 Å². The summed E-state index contributed by atoms with van der Waals surface area (Å²) in [5.41, 5.74) is 0.432. The number of nitrogens with zero attached hydrogens (tertiary/aromatic N) is 5. The van der Waals surface area contributed by atoms with Crippen LogP contribution in [0.5, 0.6) is 0 Å². The van der Waals surface area contributed by atoms with E-state index < -0.39 is 0 Å². The Labute approximate surface area is 108 Å². The second-order valence-corrected chi connectivity index (χ2v) is 4.52. The zero-order chi connectivity index (χ0) is 12.8. The Morgan fingerprint density at radius 3 is 2.83 bits per heavy atom. The normalized spacial score (nSPS) is 17.2. The molecular weight excluding hydrogens is 226 g/mol. The van der Waals surface area contributed by atoms with Crippen molar-refractivity contribution in [2.24, 2.45) is 0 Å². The van der Waals surface area contributed by atoms with Gasteiger partial charge in [-0.25, -0.2) is 9.97 Å². The minimum absolute atomic E-state index is 0.432. The van der Waals surface area contributed by atoms with Crippen molar-refractivity contribution >= 4 is 5.82 Å². The maximum absolute atomic E-state index is 9.07. The topological polar surface area (TPSA) is 56.1 Å². The van der Waals surface area contributed by atoms with Gasteiger partial charge in [0.1, 0.15) is 6.07 Å². The summed E-state index contributed by atoms with van der Waals surface area (Å²) in [6, 6.07) is 2.12. The highest BCUT2D eigenvalue weighted by Crippen LogP contribution is 2.16. The minimum atomic E-state index is 0.432. The lowest BCUT2D eigenvalue weighted by molar-refractivity contribution is 0.294. The summed E-state index contributed by atoms with van der Waals surface area (Å²) in [6.07, 6.45) is 5.53. The summed E-state index contributed by atoms with van der Waals surface area (Å²) in [7, 11) is 0. The van der Waals surface area contributed by atoms with Crippen molar-refractivity contribution in [2.75, 3.05) is 37.6 Å². The highest BCUT2D eigenvalue weighted by Gasteiger charge is 2.18. The molecule has 0 aromatic carbocycles. The molecule has 18 heavy (non-hydrogen) atoms. The molecular formula is C13H19N5. The van der Waals surface area contributed by atoms with Crippen LogP contribution in [0.15, 0.2) is 12.4 Å². The molecule has 1 saturated heterocycles. The van der Waals surface area contributed by atoms with Crippen LogP contribution in [0.1, 0.15) is 25.5 Å². The Morgan fingerprint density at radius 2 is 2.06 bits per heavy atom. The Morgan fingerprint density at radius 1 is 1.22 bits per heavy atom. The van der Waals surface area contributed by atoms with Gasteiger partial charge in [0.05, 0.1) is 0 Å². The van der Waals surface area contributed by atoms with E-state index in [0.717, 1.165) is 45.0 Å². The van der Waals surface area contributed by atoms with Crippen molar-refractivity contribution < 1.29 is 0 Å². The molecule has 0 unspecified atom stereocenters. The van der Waals surface area contributed by atoms with E-state index in [1.165, 1.54) is 6.42 Å². The van der Waals surface area contributed by atoms with Crippen LogP contribution in [0.4, 0.5) is 5.82 Å². The van der Waals surface area contributed by atoms with Crippen LogP contribution in [0.25, 0.3) is 0 Å². The summed E-state index contributed by atoms with van der Waals surface area (Å²) in [6.45, 7) is 7.40. The van der Waals surface area contributed by atoms with Gasteiger partial charge in [-0.3, -0.25) is 0 Å². The van der Waals surface area contributed by atoms with Crippen LogP contribution < -0.4 is 4.90 Å². The summed E-state index contributed by atoms with van der Waals surface area (Å²) in [5.74, 6) is 0.735. The molecule has 1 aliphatic rings. The third kappa shape index (κ3) is 2.96. The lowest BCUT2D eigenvalue weighted by atomic mass is 10.3. The van der Waals surface area contributed by atoms with E-state index in [1.54, 1.807) is 12.4 Å². The van der Waals surface area contributed by atoms with Gasteiger partial charge in [0.2, 0.25) is 0 Å². The first-order valence-electron chi connectivity index (χ1n) is 6.53. The van der Waals surface area contributed by atoms with E-state index in [4.69, 9.17) is 5.26 Å². The van der Waals surface area contributed by atoms with E-state index in [2.05, 4.69) is 32.8 Å². The molecule has 0 amide bonds. The highest BCUT2D eigenvalue weighted by atomic mass is 15.2. The molecule has 5 heteroatoms. The van der Waals surface area contributed by atoms with Gasteiger partial charge in [0.25, 0.3) is 0 Å². The van der Waals surface area contributed by atoms with Crippen LogP contribution >= 0.6 is 0 Å². The van der Waals surface area contributed by atoms with Gasteiger partial charge in [-0.15, -0.1) is 0 Å². The molecule has 1 aromatic heterocycles. The fraction of sp³-hybridized carbons (Fsp3) is 0.615. The average Bonchev–Trinajstić information content (AvgIpc) is 2.65. The Hall–Kier alpha value is -1.67. The van der Waals surface area contributed by atoms with Crippen LogP contribution in [0.2, 0.25) is 0 Å². The summed E-state index contributed by atoms with van der Waals surface area (Å²) < 4.78 is 0. The van der Waals surface area contributed by atoms with Crippen LogP contribution in [0.3, 0.4) is 0 Å². The molecule has 2 heterocycles. The maximum atomic E-state index is 9.07. The van der Waals surface area contributed by atoms with E-state index in [-0.39, 0.29) is 0 Å². The molecule has 1 fully saturated rings. The molecule has 0 saturated carbocycles. The predicted molar refractivity (Wildman–Crippen MR) is 70.3 cm³/mol. The molecule has 0 aliphatic carbocycles. The summed E-state index contributed by atoms with van der Waals surface area (Å²) in [4.78, 5) is 13.0. The molecule has 0 spiro atoms. The Kier molecular flexibility index (Phi) is 4.48. The lowest BCUT2D eigenvalue weighted by Gasteiger charge is -2.22. The van der Waals surface area contributed by atoms with E-state index in [1.807, 2.05) is 0 Å². The fourth-order valence-corrected chi connectivity index (χ4v) is 2.36. The zero-order valence-electron chi connectivity index (χ0n) is 10.8. The van der Waals surface area contributed by atoms with Gasteiger partial charge in [0, 0.05) is 32.0 Å². The average molecular weight is 245 g/mol. The van der Waals surface area contributed by atoms with Gasteiger partial charge >= 0.3 is 0 Å². The molecule has 96 valence electrons. The molecule has 2 rings (SSSR count). The largest absolute Gasteiger partial charge is 0.353 e. The smallest absolute Gasteiger partial charge is 0.183 e. The number of anilines is 1. The molecule has 0 bridgehead atoms. The van der Waals surface area contributed by atoms with Crippen molar-refractivity contribution in [3.8, 4) is 6.07 Å². The monoisotopic (exact) mass is 245 g/mol. The van der Waals surface area contributed by atoms with Crippen molar-refractivity contribution in [2.45, 2.75) is 19.8 Å². The van der Waals surface area contributed by atoms with E-state index >= 15 is 0 Å². The molecule has 0 radical (unpaired) electrons. The van der Waals surface area contributed by atoms with Gasteiger partial charge < -0.3 is 9.80 Å². The summed E-state index contributed by atoms with van der Waals surface area (Å²) in [5, 5.41) is 9.07. The van der Waals surface area contributed by atoms with Gasteiger partial charge in [-0.05, 0) is 25.9 Å². The highest BCUT2D eigenvalue weighted by molar-refractivity contribution is 5.49. The van der Waals surface area contributed by atoms with Crippen LogP contribution in [0, 0.1) is 11.3 Å². The minimum Gasteiger partial charge on any atom is -0.353 e. The third-order valence-corrected chi connectivity index (χ3v) is 3.21. The zero-order valence-corrected chi connectivity index (χ0v) is 10.8. The third-order valence-electron chi connectivity index (χ3n) is 3.21. The number of nitriles is 1. The Balaban J connectivity index is 2.08. The second-order valence-electron chi connectivity index (χ2n) is 4.52. The summed E-state index contributed by atoms with van der Waals surface area (Å²) >= 11 is 0. The molecule has 5 nitrogen and oxygen atoms in total. The first-order chi connectivity index (χ1) is 8.85. The maximum Gasteiger partial charge on any atom is 0.183 e. The van der Waals surface area contributed by atoms with Crippen molar-refractivity contribution in [1.82, 2.24) is 14.9 Å². The van der Waals surface area contributed by atoms with Crippen LogP contribution in [-0.2, 0) is 0 Å². The number of hydrogen-bond acceptors (Lipinski definition) is 5. The van der Waals surface area contributed by atoms with Gasteiger partial charge in [0.15, 0.2) is 11.5 Å². The Bertz CT molecular complexity index is 426. The predicted octanol–water partition coefficient (Wildman–Crippen LogP) is 1.27. The van der Waals surface area contributed by atoms with Crippen molar-refractivity contribution in [1.29, 1.82) is 5.26 Å². The molecule has 0 atom stereocenters. The first kappa shape index (κ1) is 12.8. The molecule has 1 aliphatic heterocycles. The van der Waals surface area contributed by atoms with Crippen LogP contribution in [-0.4, -0.2) is 47.6 Å². The van der Waals surface area contributed by atoms with Gasteiger partial charge in [-0.2, -0.15) is 5.26 Å². The standard InChI is InChI=1S/C13H19N5/c1-2-6-17-7-3-8-18(10-9-17)13-12(11-14)15-4-5-16-13/h4-5H,2-3,6-10H2,1H3. The quantitative estimate of drug-likeness (QED) is 0.802. The van der Waals surface area contributed by atoms with E-state index in [0.29, 0.717) is 5.69 Å². The van der Waals surface area contributed by atoms with Gasteiger partial charge in [-0.1, -0.05) is 6.92 Å². The number of rotatable bonds is 3. The fourth-order valence-electron chi connectivity index (χ4n) is 2.36.